The first-order valence-electron chi connectivity index (χ1n) is 8.44. The zero-order chi connectivity index (χ0) is 19.2. The maximum absolute atomic E-state index is 11.1. The zero-order valence-corrected chi connectivity index (χ0v) is 15.5. The molecule has 3 rings (SSSR count). The van der Waals surface area contributed by atoms with Crippen molar-refractivity contribution in [2.24, 2.45) is 0 Å². The van der Waals surface area contributed by atoms with E-state index in [1.807, 2.05) is 31.2 Å². The van der Waals surface area contributed by atoms with Crippen molar-refractivity contribution < 1.29 is 9.90 Å². The maximum Gasteiger partial charge on any atom is 0.335 e. The van der Waals surface area contributed by atoms with Gasteiger partial charge in [-0.1, -0.05) is 29.8 Å². The fraction of sp³-hybridized carbons (Fsp3) is 0.150. The number of aromatic carboxylic acids is 1. The van der Waals surface area contributed by atoms with Crippen molar-refractivity contribution in [1.82, 2.24) is 9.97 Å². The van der Waals surface area contributed by atoms with Crippen LogP contribution in [0.1, 0.15) is 21.6 Å². The molecule has 3 N–H and O–H groups in total. The minimum atomic E-state index is -0.970. The Bertz CT molecular complexity index is 945. The van der Waals surface area contributed by atoms with Gasteiger partial charge in [0.15, 0.2) is 0 Å². The summed E-state index contributed by atoms with van der Waals surface area (Å²) in [4.78, 5) is 19.9. The third-order valence-corrected chi connectivity index (χ3v) is 4.10. The summed E-state index contributed by atoms with van der Waals surface area (Å²) in [5, 5.41) is 16.2. The number of rotatable bonds is 7. The van der Waals surface area contributed by atoms with Gasteiger partial charge in [-0.25, -0.2) is 9.78 Å². The monoisotopic (exact) mass is 382 g/mol. The molecule has 27 heavy (non-hydrogen) atoms. The second kappa shape index (κ2) is 8.51. The van der Waals surface area contributed by atoms with E-state index in [9.17, 15) is 4.79 Å². The van der Waals surface area contributed by atoms with Gasteiger partial charge in [-0.3, -0.25) is 0 Å². The van der Waals surface area contributed by atoms with Crippen LogP contribution in [-0.2, 0) is 6.42 Å². The van der Waals surface area contributed by atoms with Gasteiger partial charge >= 0.3 is 5.97 Å². The van der Waals surface area contributed by atoms with Crippen LogP contribution in [0.5, 0.6) is 0 Å². The minimum Gasteiger partial charge on any atom is -0.478 e. The topological polar surface area (TPSA) is 87.1 Å². The van der Waals surface area contributed by atoms with Gasteiger partial charge in [-0.15, -0.1) is 0 Å². The number of carboxylic acid groups (broad SMARTS) is 1. The van der Waals surface area contributed by atoms with Crippen LogP contribution in [0.3, 0.4) is 0 Å². The Morgan fingerprint density at radius 2 is 1.89 bits per heavy atom. The molecule has 0 radical (unpaired) electrons. The number of nitrogens with one attached hydrogen (secondary N) is 2. The molecule has 1 heterocycles. The molecule has 0 fully saturated rings. The lowest BCUT2D eigenvalue weighted by Gasteiger charge is -2.10. The zero-order valence-electron chi connectivity index (χ0n) is 14.7. The molecule has 0 bridgehead atoms. The number of benzene rings is 2. The molecule has 0 atom stereocenters. The van der Waals surface area contributed by atoms with Crippen molar-refractivity contribution in [2.75, 3.05) is 17.2 Å². The Hall–Kier alpha value is -3.12. The number of aromatic nitrogens is 2. The van der Waals surface area contributed by atoms with Crippen LogP contribution in [0.25, 0.3) is 0 Å². The molecule has 1 aromatic heterocycles. The van der Waals surface area contributed by atoms with Gasteiger partial charge < -0.3 is 15.7 Å². The van der Waals surface area contributed by atoms with Crippen molar-refractivity contribution in [3.8, 4) is 0 Å². The van der Waals surface area contributed by atoms with Crippen molar-refractivity contribution in [1.29, 1.82) is 0 Å². The lowest BCUT2D eigenvalue weighted by atomic mass is 10.1. The van der Waals surface area contributed by atoms with E-state index in [2.05, 4.69) is 20.6 Å². The van der Waals surface area contributed by atoms with E-state index < -0.39 is 5.97 Å². The molecule has 3 aromatic rings. The number of anilines is 3. The number of hydrogen-bond donors (Lipinski definition) is 3. The first-order chi connectivity index (χ1) is 13.0. The van der Waals surface area contributed by atoms with Gasteiger partial charge in [0, 0.05) is 29.0 Å². The lowest BCUT2D eigenvalue weighted by molar-refractivity contribution is 0.0697. The van der Waals surface area contributed by atoms with Crippen molar-refractivity contribution >= 4 is 35.0 Å². The number of hydrogen-bond acceptors (Lipinski definition) is 5. The Morgan fingerprint density at radius 1 is 1.11 bits per heavy atom. The standard InChI is InChI=1S/C20H19ClN4O2/c1-13-11-18(24-17-4-2-3-15(12-17)19(26)27)25-20(23-13)22-10-9-14-5-7-16(21)8-6-14/h2-8,11-12H,9-10H2,1H3,(H,26,27)(H2,22,23,24,25). The molecule has 0 aliphatic rings. The summed E-state index contributed by atoms with van der Waals surface area (Å²) in [6.07, 6.45) is 0.817. The number of halogens is 1. The predicted octanol–water partition coefficient (Wildman–Crippen LogP) is 4.53. The molecule has 138 valence electrons. The minimum absolute atomic E-state index is 0.215. The van der Waals surface area contributed by atoms with Crippen molar-refractivity contribution in [2.45, 2.75) is 13.3 Å². The third-order valence-electron chi connectivity index (χ3n) is 3.85. The molecule has 7 heteroatoms. The normalized spacial score (nSPS) is 10.4. The number of carbonyl (C=O) groups is 1. The summed E-state index contributed by atoms with van der Waals surface area (Å²) < 4.78 is 0. The average Bonchev–Trinajstić information content (AvgIpc) is 2.63. The quantitative estimate of drug-likeness (QED) is 0.556. The largest absolute Gasteiger partial charge is 0.478 e. The fourth-order valence-electron chi connectivity index (χ4n) is 2.56. The second-order valence-corrected chi connectivity index (χ2v) is 6.47. The Balaban J connectivity index is 1.66. The molecule has 0 unspecified atom stereocenters. The third kappa shape index (κ3) is 5.43. The molecule has 0 aliphatic carbocycles. The van der Waals surface area contributed by atoms with Crippen LogP contribution in [0.2, 0.25) is 5.02 Å². The second-order valence-electron chi connectivity index (χ2n) is 6.03. The van der Waals surface area contributed by atoms with Gasteiger partial charge in [-0.2, -0.15) is 4.98 Å². The number of nitrogens with zero attached hydrogens (tertiary/aromatic N) is 2. The van der Waals surface area contributed by atoms with Crippen LogP contribution < -0.4 is 10.6 Å². The lowest BCUT2D eigenvalue weighted by Crippen LogP contribution is -2.09. The Kier molecular flexibility index (Phi) is 5.88. The summed E-state index contributed by atoms with van der Waals surface area (Å²) >= 11 is 5.89. The number of carboxylic acids is 1. The predicted molar refractivity (Wildman–Crippen MR) is 107 cm³/mol. The fourth-order valence-corrected chi connectivity index (χ4v) is 2.69. The summed E-state index contributed by atoms with van der Waals surface area (Å²) in [6.45, 7) is 2.56. The molecular weight excluding hydrogens is 364 g/mol. The molecule has 6 nitrogen and oxygen atoms in total. The van der Waals surface area contributed by atoms with Gasteiger partial charge in [-0.05, 0) is 49.2 Å². The summed E-state index contributed by atoms with van der Waals surface area (Å²) in [7, 11) is 0. The number of aryl methyl sites for hydroxylation is 1. The SMILES string of the molecule is Cc1cc(Nc2cccc(C(=O)O)c2)nc(NCCc2ccc(Cl)cc2)n1. The highest BCUT2D eigenvalue weighted by molar-refractivity contribution is 6.30. The van der Waals surface area contributed by atoms with E-state index >= 15 is 0 Å². The van der Waals surface area contributed by atoms with Gasteiger partial charge in [0.05, 0.1) is 5.56 Å². The molecule has 0 amide bonds. The molecule has 0 spiro atoms. The highest BCUT2D eigenvalue weighted by Gasteiger charge is 2.06. The molecular formula is C20H19ClN4O2. The Morgan fingerprint density at radius 3 is 2.63 bits per heavy atom. The van der Waals surface area contributed by atoms with E-state index in [1.165, 1.54) is 5.56 Å². The highest BCUT2D eigenvalue weighted by atomic mass is 35.5. The molecule has 2 aromatic carbocycles. The van der Waals surface area contributed by atoms with Crippen molar-refractivity contribution in [3.63, 3.8) is 0 Å². The first kappa shape index (κ1) is 18.7. The highest BCUT2D eigenvalue weighted by Crippen LogP contribution is 2.18. The first-order valence-corrected chi connectivity index (χ1v) is 8.82. The van der Waals surface area contributed by atoms with Crippen LogP contribution in [0.4, 0.5) is 17.5 Å². The van der Waals surface area contributed by atoms with E-state index in [0.717, 1.165) is 17.1 Å². The van der Waals surface area contributed by atoms with Crippen LogP contribution in [0.15, 0.2) is 54.6 Å². The van der Waals surface area contributed by atoms with E-state index in [-0.39, 0.29) is 5.56 Å². The van der Waals surface area contributed by atoms with Crippen LogP contribution in [-0.4, -0.2) is 27.6 Å². The summed E-state index contributed by atoms with van der Waals surface area (Å²) in [5.74, 6) is 0.141. The van der Waals surface area contributed by atoms with Crippen LogP contribution >= 0.6 is 11.6 Å². The molecule has 0 aliphatic heterocycles. The van der Waals surface area contributed by atoms with Gasteiger partial charge in [0.1, 0.15) is 5.82 Å². The maximum atomic E-state index is 11.1. The van der Waals surface area contributed by atoms with Gasteiger partial charge in [0.2, 0.25) is 5.95 Å². The summed E-state index contributed by atoms with van der Waals surface area (Å²) in [6, 6.07) is 16.1. The smallest absolute Gasteiger partial charge is 0.335 e. The van der Waals surface area contributed by atoms with Gasteiger partial charge in [0.25, 0.3) is 0 Å². The summed E-state index contributed by atoms with van der Waals surface area (Å²) in [5.41, 5.74) is 2.84. The molecule has 0 saturated heterocycles. The average molecular weight is 383 g/mol. The van der Waals surface area contributed by atoms with Crippen LogP contribution in [0, 0.1) is 6.92 Å². The van der Waals surface area contributed by atoms with E-state index in [4.69, 9.17) is 16.7 Å². The van der Waals surface area contributed by atoms with Crippen molar-refractivity contribution in [3.05, 3.63) is 76.4 Å². The Labute approximate surface area is 162 Å². The molecule has 0 saturated carbocycles. The van der Waals surface area contributed by atoms with E-state index in [0.29, 0.717) is 24.0 Å². The van der Waals surface area contributed by atoms with E-state index in [1.54, 1.807) is 30.3 Å².